The molecule has 0 atom stereocenters. The number of esters is 2. The van der Waals surface area contributed by atoms with Crippen molar-refractivity contribution in [3.05, 3.63) is 24.3 Å². The average Bonchev–Trinajstić information content (AvgIpc) is 2.45. The van der Waals surface area contributed by atoms with E-state index in [2.05, 4.69) is 4.99 Å². The number of benzene rings is 1. The lowest BCUT2D eigenvalue weighted by Gasteiger charge is -2.06. The highest BCUT2D eigenvalue weighted by molar-refractivity contribution is 6.63. The number of rotatable bonds is 6. The molecule has 0 unspecified atom stereocenters. The first kappa shape index (κ1) is 15.7. The van der Waals surface area contributed by atoms with Gasteiger partial charge in [0.25, 0.3) is 0 Å². The molecule has 0 radical (unpaired) electrons. The molecule has 0 saturated heterocycles. The summed E-state index contributed by atoms with van der Waals surface area (Å²) in [4.78, 5) is 27.4. The van der Waals surface area contributed by atoms with E-state index < -0.39 is 11.9 Å². The van der Waals surface area contributed by atoms with Crippen molar-refractivity contribution in [3.63, 3.8) is 0 Å². The molecule has 1 rings (SSSR count). The Morgan fingerprint density at radius 2 is 1.50 bits per heavy atom. The van der Waals surface area contributed by atoms with Gasteiger partial charge in [0.05, 0.1) is 26.0 Å². The van der Waals surface area contributed by atoms with E-state index in [9.17, 15) is 9.59 Å². The highest BCUT2D eigenvalue weighted by Crippen LogP contribution is 2.18. The average molecular weight is 279 g/mol. The fraction of sp³-hybridized carbons (Fsp3) is 0.357. The molecule has 0 aliphatic heterocycles. The summed E-state index contributed by atoms with van der Waals surface area (Å²) in [5.41, 5.74) is 0.0563. The van der Waals surface area contributed by atoms with E-state index in [1.54, 1.807) is 45.2 Å². The van der Waals surface area contributed by atoms with Crippen LogP contribution in [0.5, 0.6) is 5.75 Å². The van der Waals surface area contributed by atoms with E-state index in [0.29, 0.717) is 11.4 Å². The molecule has 0 aliphatic carbocycles. The van der Waals surface area contributed by atoms with Crippen molar-refractivity contribution < 1.29 is 23.8 Å². The van der Waals surface area contributed by atoms with E-state index in [1.807, 2.05) is 0 Å². The van der Waals surface area contributed by atoms with Crippen molar-refractivity contribution in [3.8, 4) is 5.75 Å². The van der Waals surface area contributed by atoms with Gasteiger partial charge in [-0.25, -0.2) is 14.6 Å². The van der Waals surface area contributed by atoms with Gasteiger partial charge in [0.1, 0.15) is 5.75 Å². The van der Waals surface area contributed by atoms with Gasteiger partial charge in [0, 0.05) is 0 Å². The molecule has 0 spiro atoms. The number of carbonyl (C=O) groups excluding carboxylic acids is 2. The summed E-state index contributed by atoms with van der Waals surface area (Å²) in [7, 11) is 1.54. The molecule has 1 aromatic rings. The van der Waals surface area contributed by atoms with Gasteiger partial charge in [-0.2, -0.15) is 0 Å². The fourth-order valence-corrected chi connectivity index (χ4v) is 1.36. The first-order valence-electron chi connectivity index (χ1n) is 6.19. The van der Waals surface area contributed by atoms with E-state index in [1.165, 1.54) is 0 Å². The number of carbonyl (C=O) groups is 2. The van der Waals surface area contributed by atoms with Crippen LogP contribution in [0.4, 0.5) is 5.69 Å². The van der Waals surface area contributed by atoms with Gasteiger partial charge in [-0.05, 0) is 38.1 Å². The van der Waals surface area contributed by atoms with Gasteiger partial charge in [0.15, 0.2) is 0 Å². The Balaban J connectivity index is 3.03. The minimum absolute atomic E-state index is 0.153. The number of hydrogen-bond acceptors (Lipinski definition) is 6. The highest BCUT2D eigenvalue weighted by atomic mass is 16.6. The van der Waals surface area contributed by atoms with E-state index in [4.69, 9.17) is 14.2 Å². The largest absolute Gasteiger partial charge is 0.497 e. The molecule has 20 heavy (non-hydrogen) atoms. The summed E-state index contributed by atoms with van der Waals surface area (Å²) in [6, 6.07) is 6.59. The summed E-state index contributed by atoms with van der Waals surface area (Å²) in [6.07, 6.45) is 0. The highest BCUT2D eigenvalue weighted by Gasteiger charge is 2.23. The van der Waals surface area contributed by atoms with Crippen LogP contribution in [0.2, 0.25) is 0 Å². The minimum Gasteiger partial charge on any atom is -0.497 e. The molecule has 0 bridgehead atoms. The van der Waals surface area contributed by atoms with E-state index in [-0.39, 0.29) is 18.9 Å². The lowest BCUT2D eigenvalue weighted by atomic mass is 10.3. The van der Waals surface area contributed by atoms with Crippen molar-refractivity contribution in [1.29, 1.82) is 0 Å². The van der Waals surface area contributed by atoms with Crippen LogP contribution in [0.1, 0.15) is 13.8 Å². The fourth-order valence-electron chi connectivity index (χ4n) is 1.36. The maximum absolute atomic E-state index is 11.7. The van der Waals surface area contributed by atoms with Crippen LogP contribution in [0.25, 0.3) is 0 Å². The quantitative estimate of drug-likeness (QED) is 0.451. The van der Waals surface area contributed by atoms with Crippen LogP contribution in [0, 0.1) is 0 Å². The molecule has 6 heteroatoms. The Morgan fingerprint density at radius 3 is 1.90 bits per heavy atom. The first-order valence-corrected chi connectivity index (χ1v) is 6.19. The monoisotopic (exact) mass is 279 g/mol. The van der Waals surface area contributed by atoms with Crippen LogP contribution in [-0.4, -0.2) is 38.0 Å². The molecule has 0 amide bonds. The second-order valence-corrected chi connectivity index (χ2v) is 3.60. The molecule has 6 nitrogen and oxygen atoms in total. The van der Waals surface area contributed by atoms with E-state index >= 15 is 0 Å². The third-order valence-electron chi connectivity index (χ3n) is 2.25. The van der Waals surface area contributed by atoms with Gasteiger partial charge in [-0.3, -0.25) is 0 Å². The number of ether oxygens (including phenoxy) is 3. The molecule has 0 aliphatic rings. The van der Waals surface area contributed by atoms with Gasteiger partial charge >= 0.3 is 11.9 Å². The van der Waals surface area contributed by atoms with Crippen LogP contribution >= 0.6 is 0 Å². The Morgan fingerprint density at radius 1 is 1.00 bits per heavy atom. The summed E-state index contributed by atoms with van der Waals surface area (Å²) in [5.74, 6) is -0.957. The molecule has 0 saturated carbocycles. The molecular formula is C14H17NO5. The van der Waals surface area contributed by atoms with Crippen molar-refractivity contribution in [2.45, 2.75) is 13.8 Å². The minimum atomic E-state index is -0.804. The number of methoxy groups -OCH3 is 1. The smallest absolute Gasteiger partial charge is 0.364 e. The Hall–Kier alpha value is -2.37. The predicted octanol–water partition coefficient (Wildman–Crippen LogP) is 1.89. The molecular weight excluding hydrogens is 262 g/mol. The van der Waals surface area contributed by atoms with Crippen molar-refractivity contribution in [2.75, 3.05) is 20.3 Å². The molecule has 108 valence electrons. The lowest BCUT2D eigenvalue weighted by molar-refractivity contribution is -0.140. The number of nitrogens with zero attached hydrogens (tertiary/aromatic N) is 1. The Kier molecular flexibility index (Phi) is 6.22. The maximum atomic E-state index is 11.7. The second kappa shape index (κ2) is 7.93. The first-order chi connectivity index (χ1) is 9.62. The van der Waals surface area contributed by atoms with Gasteiger partial charge in [-0.1, -0.05) is 0 Å². The zero-order chi connectivity index (χ0) is 15.0. The zero-order valence-corrected chi connectivity index (χ0v) is 11.7. The SMILES string of the molecule is CCOC(=O)C(=Nc1ccc(OC)cc1)C(=O)OCC. The van der Waals surface area contributed by atoms with Gasteiger partial charge < -0.3 is 14.2 Å². The van der Waals surface area contributed by atoms with Crippen LogP contribution in [0.15, 0.2) is 29.3 Å². The van der Waals surface area contributed by atoms with Gasteiger partial charge in [0.2, 0.25) is 5.71 Å². The topological polar surface area (TPSA) is 74.2 Å². The Labute approximate surface area is 117 Å². The summed E-state index contributed by atoms with van der Waals surface area (Å²) in [6.45, 7) is 3.60. The predicted molar refractivity (Wildman–Crippen MR) is 73.4 cm³/mol. The molecule has 0 fully saturated rings. The standard InChI is InChI=1S/C14H17NO5/c1-4-19-13(16)12(14(17)20-5-2)15-10-6-8-11(18-3)9-7-10/h6-9H,4-5H2,1-3H3. The third kappa shape index (κ3) is 4.38. The van der Waals surface area contributed by atoms with Crippen molar-refractivity contribution >= 4 is 23.3 Å². The van der Waals surface area contributed by atoms with Crippen LogP contribution in [0.3, 0.4) is 0 Å². The van der Waals surface area contributed by atoms with Gasteiger partial charge in [-0.15, -0.1) is 0 Å². The zero-order valence-electron chi connectivity index (χ0n) is 11.7. The van der Waals surface area contributed by atoms with Crippen molar-refractivity contribution in [2.24, 2.45) is 4.99 Å². The molecule has 0 heterocycles. The van der Waals surface area contributed by atoms with Crippen molar-refractivity contribution in [1.82, 2.24) is 0 Å². The second-order valence-electron chi connectivity index (χ2n) is 3.60. The molecule has 0 aromatic heterocycles. The summed E-state index contributed by atoms with van der Waals surface area (Å²) in [5, 5.41) is 0. The number of hydrogen-bond donors (Lipinski definition) is 0. The molecule has 1 aromatic carbocycles. The van der Waals surface area contributed by atoms with E-state index in [0.717, 1.165) is 0 Å². The summed E-state index contributed by atoms with van der Waals surface area (Å²) >= 11 is 0. The normalized spacial score (nSPS) is 9.55. The van der Waals surface area contributed by atoms with Crippen LogP contribution in [-0.2, 0) is 19.1 Å². The number of aliphatic imine (C=N–C) groups is 1. The van der Waals surface area contributed by atoms with Crippen LogP contribution < -0.4 is 4.74 Å². The lowest BCUT2D eigenvalue weighted by Crippen LogP contribution is -2.28. The third-order valence-corrected chi connectivity index (χ3v) is 2.25. The molecule has 0 N–H and O–H groups in total. The Bertz CT molecular complexity index is 473. The maximum Gasteiger partial charge on any atom is 0.364 e. The summed E-state index contributed by atoms with van der Waals surface area (Å²) < 4.78 is 14.6.